The molecule has 3 heteroatoms. The maximum absolute atomic E-state index is 6.18. The van der Waals surface area contributed by atoms with Crippen molar-refractivity contribution in [2.75, 3.05) is 0 Å². The van der Waals surface area contributed by atoms with E-state index < -0.39 is 0 Å². The van der Waals surface area contributed by atoms with Gasteiger partial charge in [-0.1, -0.05) is 91.0 Å². The van der Waals surface area contributed by atoms with E-state index in [1.54, 1.807) is 0 Å². The van der Waals surface area contributed by atoms with Crippen molar-refractivity contribution >= 4 is 58.3 Å². The number of hydrogen-bond donors (Lipinski definition) is 0. The third kappa shape index (κ3) is 3.46. The highest BCUT2D eigenvalue weighted by Gasteiger charge is 2.16. The summed E-state index contributed by atoms with van der Waals surface area (Å²) in [6.45, 7) is 0. The van der Waals surface area contributed by atoms with Gasteiger partial charge in [-0.05, 0) is 70.0 Å². The molecule has 0 aliphatic rings. The normalized spacial score (nSPS) is 11.7. The monoisotopic (exact) mass is 517 g/mol. The molecule has 1 unspecified atom stereocenters. The minimum absolute atomic E-state index is 0.920. The van der Waals surface area contributed by atoms with Gasteiger partial charge in [0, 0.05) is 27.2 Å². The molecule has 0 saturated heterocycles. The van der Waals surface area contributed by atoms with Gasteiger partial charge in [0.2, 0.25) is 0 Å². The van der Waals surface area contributed by atoms with Crippen molar-refractivity contribution < 1.29 is 4.42 Å². The zero-order valence-corrected chi connectivity index (χ0v) is 22.3. The molecule has 8 rings (SSSR count). The number of fused-ring (bicyclic) bond motifs is 6. The molecule has 2 nitrogen and oxygen atoms in total. The van der Waals surface area contributed by atoms with Crippen molar-refractivity contribution in [3.63, 3.8) is 0 Å². The van der Waals surface area contributed by atoms with Gasteiger partial charge in [0.05, 0.1) is 11.0 Å². The molecule has 0 spiro atoms. The number of rotatable bonds is 3. The first kappa shape index (κ1) is 22.3. The predicted molar refractivity (Wildman–Crippen MR) is 168 cm³/mol. The van der Waals surface area contributed by atoms with Crippen LogP contribution in [0, 0.1) is 0 Å². The molecule has 0 saturated carbocycles. The fourth-order valence-corrected chi connectivity index (χ4v) is 6.36. The highest BCUT2D eigenvalue weighted by atomic mass is 31.0. The smallest absolute Gasteiger partial charge is 0.136 e. The molecule has 0 amide bonds. The Balaban J connectivity index is 1.33. The van der Waals surface area contributed by atoms with Crippen LogP contribution >= 0.6 is 9.24 Å². The first-order valence-corrected chi connectivity index (χ1v) is 13.7. The molecule has 0 aliphatic carbocycles. The summed E-state index contributed by atoms with van der Waals surface area (Å²) in [6, 6.07) is 47.5. The topological polar surface area (TPSA) is 18.1 Å². The van der Waals surface area contributed by atoms with Crippen LogP contribution in [0.1, 0.15) is 0 Å². The second-order valence-electron chi connectivity index (χ2n) is 10.00. The van der Waals surface area contributed by atoms with Crippen LogP contribution in [0.2, 0.25) is 0 Å². The third-order valence-electron chi connectivity index (χ3n) is 7.78. The second kappa shape index (κ2) is 8.70. The Morgan fingerprint density at radius 1 is 0.487 bits per heavy atom. The lowest BCUT2D eigenvalue weighted by atomic mass is 9.98. The molecule has 0 radical (unpaired) electrons. The fraction of sp³-hybridized carbons (Fsp3) is 0. The highest BCUT2D eigenvalue weighted by Crippen LogP contribution is 2.40. The van der Waals surface area contributed by atoms with Crippen LogP contribution in [0.3, 0.4) is 0 Å². The van der Waals surface area contributed by atoms with Crippen LogP contribution in [0.15, 0.2) is 138 Å². The molecule has 184 valence electrons. The Hall–Kier alpha value is -4.65. The SMILES string of the molecule is Pc1ccccc1-c1ccc(-n2c3ccccc3c3cc(-c4cccc5oc6ccccc6c45)ccc32)cc1. The lowest BCUT2D eigenvalue weighted by Crippen LogP contribution is -1.97. The van der Waals surface area contributed by atoms with Crippen molar-refractivity contribution in [1.29, 1.82) is 0 Å². The van der Waals surface area contributed by atoms with E-state index in [1.165, 1.54) is 54.8 Å². The van der Waals surface area contributed by atoms with Gasteiger partial charge in [-0.3, -0.25) is 0 Å². The van der Waals surface area contributed by atoms with Gasteiger partial charge >= 0.3 is 0 Å². The quantitative estimate of drug-likeness (QED) is 0.213. The van der Waals surface area contributed by atoms with E-state index in [2.05, 4.69) is 135 Å². The van der Waals surface area contributed by atoms with E-state index in [0.29, 0.717) is 0 Å². The lowest BCUT2D eigenvalue weighted by Gasteiger charge is -2.11. The minimum Gasteiger partial charge on any atom is -0.456 e. The summed E-state index contributed by atoms with van der Waals surface area (Å²) in [5.74, 6) is 0. The van der Waals surface area contributed by atoms with Crippen LogP contribution < -0.4 is 5.30 Å². The van der Waals surface area contributed by atoms with Gasteiger partial charge in [-0.25, -0.2) is 0 Å². The van der Waals surface area contributed by atoms with Gasteiger partial charge < -0.3 is 8.98 Å². The molecule has 0 N–H and O–H groups in total. The summed E-state index contributed by atoms with van der Waals surface area (Å²) in [7, 11) is 2.85. The zero-order chi connectivity index (χ0) is 25.9. The van der Waals surface area contributed by atoms with Crippen LogP contribution in [0.5, 0.6) is 0 Å². The molecule has 2 aromatic heterocycles. The Labute approximate surface area is 228 Å². The molecule has 0 bridgehead atoms. The van der Waals surface area contributed by atoms with E-state index in [4.69, 9.17) is 4.42 Å². The van der Waals surface area contributed by atoms with Crippen LogP contribution in [0.4, 0.5) is 0 Å². The lowest BCUT2D eigenvalue weighted by molar-refractivity contribution is 0.669. The zero-order valence-electron chi connectivity index (χ0n) is 21.1. The van der Waals surface area contributed by atoms with E-state index in [0.717, 1.165) is 22.2 Å². The molecular formula is C36H24NOP. The van der Waals surface area contributed by atoms with Crippen molar-refractivity contribution in [1.82, 2.24) is 4.57 Å². The first-order chi connectivity index (χ1) is 19.3. The molecule has 1 atom stereocenters. The van der Waals surface area contributed by atoms with Crippen LogP contribution in [-0.2, 0) is 0 Å². The van der Waals surface area contributed by atoms with E-state index >= 15 is 0 Å². The number of benzene rings is 6. The maximum Gasteiger partial charge on any atom is 0.136 e. The Morgan fingerprint density at radius 3 is 2.03 bits per heavy atom. The summed E-state index contributed by atoms with van der Waals surface area (Å²) in [5.41, 5.74) is 10.2. The molecule has 39 heavy (non-hydrogen) atoms. The molecular weight excluding hydrogens is 493 g/mol. The molecule has 0 fully saturated rings. The second-order valence-corrected chi connectivity index (χ2v) is 10.6. The van der Waals surface area contributed by atoms with Gasteiger partial charge in [0.1, 0.15) is 11.2 Å². The molecule has 8 aromatic rings. The average Bonchev–Trinajstić information content (AvgIpc) is 3.53. The number of aromatic nitrogens is 1. The van der Waals surface area contributed by atoms with Crippen LogP contribution in [0.25, 0.3) is 71.7 Å². The Bertz CT molecular complexity index is 2180. The molecule has 0 aliphatic heterocycles. The maximum atomic E-state index is 6.18. The van der Waals surface area contributed by atoms with Gasteiger partial charge in [-0.2, -0.15) is 0 Å². The summed E-state index contributed by atoms with van der Waals surface area (Å²) in [5, 5.41) is 6.01. The van der Waals surface area contributed by atoms with Crippen molar-refractivity contribution in [3.05, 3.63) is 133 Å². The number of nitrogens with zero attached hydrogens (tertiary/aromatic N) is 1. The van der Waals surface area contributed by atoms with Crippen LogP contribution in [-0.4, -0.2) is 4.57 Å². The standard InChI is InChI=1S/C36H24NOP/c39-35-15-6-3-8-26(35)23-16-19-25(20-17-23)37-31-12-4-1-9-28(31)30-22-24(18-21-32(30)37)27-11-7-14-34-36(27)29-10-2-5-13-33(29)38-34/h1-22H,39H2. The van der Waals surface area contributed by atoms with Crippen molar-refractivity contribution in [3.8, 4) is 27.9 Å². The van der Waals surface area contributed by atoms with E-state index in [9.17, 15) is 0 Å². The Morgan fingerprint density at radius 2 is 1.15 bits per heavy atom. The van der Waals surface area contributed by atoms with Crippen molar-refractivity contribution in [2.24, 2.45) is 0 Å². The Kier molecular flexibility index (Phi) is 4.98. The largest absolute Gasteiger partial charge is 0.456 e. The summed E-state index contributed by atoms with van der Waals surface area (Å²) in [4.78, 5) is 0. The minimum atomic E-state index is 0.920. The molecule has 2 heterocycles. The predicted octanol–water partition coefficient (Wildman–Crippen LogP) is 9.52. The first-order valence-electron chi connectivity index (χ1n) is 13.2. The third-order valence-corrected chi connectivity index (χ3v) is 8.29. The fourth-order valence-electron chi connectivity index (χ4n) is 5.98. The summed E-state index contributed by atoms with van der Waals surface area (Å²) in [6.07, 6.45) is 0. The van der Waals surface area contributed by atoms with Gasteiger partial charge in [0.15, 0.2) is 0 Å². The molecule has 6 aromatic carbocycles. The van der Waals surface area contributed by atoms with Gasteiger partial charge in [0.25, 0.3) is 0 Å². The summed E-state index contributed by atoms with van der Waals surface area (Å²) < 4.78 is 8.55. The van der Waals surface area contributed by atoms with E-state index in [1.807, 2.05) is 12.1 Å². The number of para-hydroxylation sites is 2. The average molecular weight is 518 g/mol. The number of furan rings is 1. The summed E-state index contributed by atoms with van der Waals surface area (Å²) >= 11 is 0. The van der Waals surface area contributed by atoms with Gasteiger partial charge in [-0.15, -0.1) is 9.24 Å². The van der Waals surface area contributed by atoms with Crippen molar-refractivity contribution in [2.45, 2.75) is 0 Å². The highest BCUT2D eigenvalue weighted by molar-refractivity contribution is 7.28. The van der Waals surface area contributed by atoms with E-state index in [-0.39, 0.29) is 0 Å². The number of hydrogen-bond acceptors (Lipinski definition) is 1.